The van der Waals surface area contributed by atoms with Crippen LogP contribution in [-0.2, 0) is 0 Å². The number of benzene rings is 2. The molecule has 1 aromatic heterocycles. The quantitative estimate of drug-likeness (QED) is 0.707. The summed E-state index contributed by atoms with van der Waals surface area (Å²) in [6, 6.07) is 20.1. The number of aromatic nitrogens is 1. The number of rotatable bonds is 3. The van der Waals surface area contributed by atoms with Crippen LogP contribution in [0, 0.1) is 0 Å². The van der Waals surface area contributed by atoms with Crippen LogP contribution in [0.3, 0.4) is 0 Å². The van der Waals surface area contributed by atoms with Gasteiger partial charge in [-0.2, -0.15) is 4.37 Å². The minimum absolute atomic E-state index is 0.685. The van der Waals surface area contributed by atoms with Gasteiger partial charge in [0.1, 0.15) is 5.82 Å². The lowest BCUT2D eigenvalue weighted by atomic mass is 10.2. The van der Waals surface area contributed by atoms with Crippen LogP contribution in [0.5, 0.6) is 0 Å². The molecule has 2 aliphatic rings. The minimum Gasteiger partial charge on any atom is -0.370 e. The molecule has 3 aromatic rings. The topological polar surface area (TPSA) is 22.6 Å². The van der Waals surface area contributed by atoms with E-state index in [0.29, 0.717) is 6.04 Å². The fraction of sp³-hybridized carbons (Fsp3) is 0.381. The predicted octanol–water partition coefficient (Wildman–Crippen LogP) is 3.70. The third-order valence-electron chi connectivity index (χ3n) is 5.77. The molecule has 0 saturated carbocycles. The van der Waals surface area contributed by atoms with Crippen molar-refractivity contribution in [1.82, 2.24) is 9.27 Å². The molecular weight excluding hydrogens is 340 g/mol. The maximum atomic E-state index is 4.73. The zero-order chi connectivity index (χ0) is 17.3. The lowest BCUT2D eigenvalue weighted by Gasteiger charge is -2.38. The first-order valence-electron chi connectivity index (χ1n) is 9.52. The first-order valence-corrected chi connectivity index (χ1v) is 10.3. The molecule has 134 valence electrons. The Kier molecular flexibility index (Phi) is 4.27. The van der Waals surface area contributed by atoms with E-state index in [1.165, 1.54) is 34.6 Å². The summed E-state index contributed by atoms with van der Waals surface area (Å²) in [6.45, 7) is 6.76. The second kappa shape index (κ2) is 6.89. The molecule has 0 amide bonds. The van der Waals surface area contributed by atoms with E-state index in [0.717, 1.165) is 32.7 Å². The molecular formula is C21H24N4S. The Bertz CT molecular complexity index is 870. The summed E-state index contributed by atoms with van der Waals surface area (Å²) in [5, 5.41) is 1.31. The Morgan fingerprint density at radius 2 is 1.58 bits per heavy atom. The molecule has 2 aliphatic heterocycles. The molecule has 2 fully saturated rings. The van der Waals surface area contributed by atoms with Gasteiger partial charge in [-0.15, -0.1) is 0 Å². The van der Waals surface area contributed by atoms with Crippen LogP contribution in [0.25, 0.3) is 10.1 Å². The van der Waals surface area contributed by atoms with Gasteiger partial charge < -0.3 is 9.80 Å². The second-order valence-corrected chi connectivity index (χ2v) is 8.05. The van der Waals surface area contributed by atoms with Gasteiger partial charge >= 0.3 is 0 Å². The standard InChI is InChI=1S/C21H24N4S/c1-2-6-17(7-3-1)25-11-10-18(16-25)23-12-14-24(15-13-23)21-19-8-4-5-9-20(19)26-22-21/h1-9,18H,10-16H2/t18-/m0/s1. The SMILES string of the molecule is c1ccc(N2CC[C@H](N3CCN(c4nsc5ccccc45)CC3)C2)cc1. The van der Waals surface area contributed by atoms with E-state index >= 15 is 0 Å². The highest BCUT2D eigenvalue weighted by atomic mass is 32.1. The normalized spacial score (nSPS) is 21.6. The molecule has 0 unspecified atom stereocenters. The van der Waals surface area contributed by atoms with E-state index < -0.39 is 0 Å². The van der Waals surface area contributed by atoms with Crippen LogP contribution >= 0.6 is 11.5 Å². The van der Waals surface area contributed by atoms with Gasteiger partial charge in [0.25, 0.3) is 0 Å². The fourth-order valence-electron chi connectivity index (χ4n) is 4.31. The van der Waals surface area contributed by atoms with Gasteiger partial charge in [0.2, 0.25) is 0 Å². The van der Waals surface area contributed by atoms with Gasteiger partial charge in [0.05, 0.1) is 4.70 Å². The molecule has 2 aromatic carbocycles. The van der Waals surface area contributed by atoms with Crippen molar-refractivity contribution in [3.05, 3.63) is 54.6 Å². The van der Waals surface area contributed by atoms with Crippen LogP contribution < -0.4 is 9.80 Å². The first-order chi connectivity index (χ1) is 12.9. The summed E-state index contributed by atoms with van der Waals surface area (Å²) in [6.07, 6.45) is 1.27. The Labute approximate surface area is 158 Å². The van der Waals surface area contributed by atoms with Crippen molar-refractivity contribution in [2.24, 2.45) is 0 Å². The zero-order valence-electron chi connectivity index (χ0n) is 14.9. The molecule has 0 aliphatic carbocycles. The summed E-state index contributed by atoms with van der Waals surface area (Å²) < 4.78 is 6.03. The highest BCUT2D eigenvalue weighted by Crippen LogP contribution is 2.30. The molecule has 3 heterocycles. The van der Waals surface area contributed by atoms with Gasteiger partial charge in [-0.25, -0.2) is 0 Å². The first kappa shape index (κ1) is 16.1. The van der Waals surface area contributed by atoms with Gasteiger partial charge in [0.15, 0.2) is 0 Å². The van der Waals surface area contributed by atoms with Crippen LogP contribution in [-0.4, -0.2) is 54.6 Å². The number of fused-ring (bicyclic) bond motifs is 1. The average Bonchev–Trinajstić information content (AvgIpc) is 3.36. The molecule has 0 radical (unpaired) electrons. The molecule has 5 rings (SSSR count). The molecule has 0 N–H and O–H groups in total. The highest BCUT2D eigenvalue weighted by molar-refractivity contribution is 7.13. The van der Waals surface area contributed by atoms with E-state index in [1.807, 2.05) is 0 Å². The second-order valence-electron chi connectivity index (χ2n) is 7.25. The number of para-hydroxylation sites is 1. The summed E-state index contributed by atoms with van der Waals surface area (Å²) in [5.74, 6) is 1.18. The summed E-state index contributed by atoms with van der Waals surface area (Å²) >= 11 is 1.62. The number of piperazine rings is 1. The number of anilines is 2. The highest BCUT2D eigenvalue weighted by Gasteiger charge is 2.30. The maximum Gasteiger partial charge on any atom is 0.150 e. The third-order valence-corrected chi connectivity index (χ3v) is 6.59. The number of nitrogens with zero attached hydrogens (tertiary/aromatic N) is 4. The minimum atomic E-state index is 0.685. The summed E-state index contributed by atoms with van der Waals surface area (Å²) in [5.41, 5.74) is 1.36. The van der Waals surface area contributed by atoms with E-state index in [1.54, 1.807) is 11.5 Å². The van der Waals surface area contributed by atoms with Crippen molar-refractivity contribution in [3.63, 3.8) is 0 Å². The molecule has 1 atom stereocenters. The monoisotopic (exact) mass is 364 g/mol. The van der Waals surface area contributed by atoms with Crippen molar-refractivity contribution in [2.75, 3.05) is 49.1 Å². The van der Waals surface area contributed by atoms with Crippen LogP contribution in [0.4, 0.5) is 11.5 Å². The van der Waals surface area contributed by atoms with Crippen molar-refractivity contribution in [1.29, 1.82) is 0 Å². The zero-order valence-corrected chi connectivity index (χ0v) is 15.7. The van der Waals surface area contributed by atoms with Gasteiger partial charge in [-0.05, 0) is 42.2 Å². The van der Waals surface area contributed by atoms with Crippen molar-refractivity contribution in [3.8, 4) is 0 Å². The van der Waals surface area contributed by atoms with Crippen molar-refractivity contribution in [2.45, 2.75) is 12.5 Å². The Morgan fingerprint density at radius 1 is 0.808 bits per heavy atom. The molecule has 5 heteroatoms. The van der Waals surface area contributed by atoms with E-state index in [2.05, 4.69) is 69.3 Å². The van der Waals surface area contributed by atoms with Crippen molar-refractivity contribution < 1.29 is 0 Å². The Morgan fingerprint density at radius 3 is 2.42 bits per heavy atom. The number of hydrogen-bond donors (Lipinski definition) is 0. The van der Waals surface area contributed by atoms with Gasteiger partial charge in [-0.1, -0.05) is 30.3 Å². The summed E-state index contributed by atoms with van der Waals surface area (Å²) in [7, 11) is 0. The smallest absolute Gasteiger partial charge is 0.150 e. The average molecular weight is 365 g/mol. The molecule has 0 bridgehead atoms. The van der Waals surface area contributed by atoms with Crippen LogP contribution in [0.2, 0.25) is 0 Å². The summed E-state index contributed by atoms with van der Waals surface area (Å²) in [4.78, 5) is 7.69. The number of hydrogen-bond acceptors (Lipinski definition) is 5. The molecule has 4 nitrogen and oxygen atoms in total. The molecule has 26 heavy (non-hydrogen) atoms. The fourth-order valence-corrected chi connectivity index (χ4v) is 5.11. The molecule has 0 spiro atoms. The van der Waals surface area contributed by atoms with E-state index in [4.69, 9.17) is 4.37 Å². The predicted molar refractivity (Wildman–Crippen MR) is 110 cm³/mol. The lowest BCUT2D eigenvalue weighted by molar-refractivity contribution is 0.198. The maximum absolute atomic E-state index is 4.73. The third kappa shape index (κ3) is 2.95. The van der Waals surface area contributed by atoms with E-state index in [9.17, 15) is 0 Å². The van der Waals surface area contributed by atoms with E-state index in [-0.39, 0.29) is 0 Å². The van der Waals surface area contributed by atoms with Gasteiger partial charge in [0, 0.05) is 56.4 Å². The molecule has 2 saturated heterocycles. The lowest BCUT2D eigenvalue weighted by Crippen LogP contribution is -2.51. The Hall–Kier alpha value is -2.11. The van der Waals surface area contributed by atoms with Crippen LogP contribution in [0.15, 0.2) is 54.6 Å². The Balaban J connectivity index is 1.22. The van der Waals surface area contributed by atoms with Crippen LogP contribution in [0.1, 0.15) is 6.42 Å². The van der Waals surface area contributed by atoms with Crippen molar-refractivity contribution >= 4 is 33.1 Å². The van der Waals surface area contributed by atoms with Gasteiger partial charge in [-0.3, -0.25) is 4.90 Å². The largest absolute Gasteiger partial charge is 0.370 e.